The molecule has 1 aromatic rings. The number of amides is 1. The van der Waals surface area contributed by atoms with Crippen LogP contribution in [0.3, 0.4) is 0 Å². The summed E-state index contributed by atoms with van der Waals surface area (Å²) < 4.78 is 0. The number of rotatable bonds is 6. The number of hydrogen-bond donors (Lipinski definition) is 0. The van der Waals surface area contributed by atoms with E-state index in [1.165, 1.54) is 0 Å². The molecule has 90 valence electrons. The predicted octanol–water partition coefficient (Wildman–Crippen LogP) is 2.73. The van der Waals surface area contributed by atoms with Crippen LogP contribution in [0.4, 0.5) is 0 Å². The lowest BCUT2D eigenvalue weighted by Gasteiger charge is -2.21. The van der Waals surface area contributed by atoms with Crippen LogP contribution >= 0.6 is 0 Å². The third-order valence-electron chi connectivity index (χ3n) is 2.53. The first-order valence-corrected chi connectivity index (χ1v) is 5.96. The van der Waals surface area contributed by atoms with Gasteiger partial charge >= 0.3 is 0 Å². The van der Waals surface area contributed by atoms with Crippen LogP contribution in [0.5, 0.6) is 0 Å². The molecule has 0 atom stereocenters. The van der Waals surface area contributed by atoms with E-state index in [1.54, 1.807) is 4.90 Å². The van der Waals surface area contributed by atoms with E-state index in [9.17, 15) is 4.79 Å². The summed E-state index contributed by atoms with van der Waals surface area (Å²) in [6, 6.07) is 12.0. The number of carbonyl (C=O) groups is 1. The Hall–Kier alpha value is -1.82. The van der Waals surface area contributed by atoms with Crippen molar-refractivity contribution in [3.63, 3.8) is 0 Å². The zero-order chi connectivity index (χ0) is 12.5. The summed E-state index contributed by atoms with van der Waals surface area (Å²) in [5.74, 6) is 0.131. The van der Waals surface area contributed by atoms with Gasteiger partial charge in [-0.05, 0) is 12.0 Å². The van der Waals surface area contributed by atoms with Crippen molar-refractivity contribution in [1.29, 1.82) is 5.26 Å². The van der Waals surface area contributed by atoms with Crippen molar-refractivity contribution in [3.8, 4) is 6.07 Å². The highest BCUT2D eigenvalue weighted by Gasteiger charge is 2.12. The van der Waals surface area contributed by atoms with Gasteiger partial charge in [-0.2, -0.15) is 5.26 Å². The Bertz CT molecular complexity index is 381. The largest absolute Gasteiger partial charge is 0.337 e. The molecule has 3 nitrogen and oxygen atoms in total. The fourth-order valence-electron chi connectivity index (χ4n) is 1.65. The van der Waals surface area contributed by atoms with Gasteiger partial charge in [0.25, 0.3) is 0 Å². The second-order valence-electron chi connectivity index (χ2n) is 3.96. The van der Waals surface area contributed by atoms with Gasteiger partial charge in [0.15, 0.2) is 0 Å². The van der Waals surface area contributed by atoms with E-state index in [1.807, 2.05) is 37.3 Å². The van der Waals surface area contributed by atoms with Crippen LogP contribution in [-0.2, 0) is 11.3 Å². The van der Waals surface area contributed by atoms with Crippen LogP contribution in [0.2, 0.25) is 0 Å². The molecular weight excluding hydrogens is 212 g/mol. The molecule has 0 aliphatic carbocycles. The van der Waals surface area contributed by atoms with Crippen molar-refractivity contribution in [2.45, 2.75) is 32.7 Å². The van der Waals surface area contributed by atoms with E-state index >= 15 is 0 Å². The lowest BCUT2D eigenvalue weighted by molar-refractivity contribution is -0.131. The third kappa shape index (κ3) is 4.69. The molecule has 0 N–H and O–H groups in total. The lowest BCUT2D eigenvalue weighted by atomic mass is 10.2. The lowest BCUT2D eigenvalue weighted by Crippen LogP contribution is -2.31. The van der Waals surface area contributed by atoms with Crippen LogP contribution in [0.25, 0.3) is 0 Å². The van der Waals surface area contributed by atoms with Crippen molar-refractivity contribution >= 4 is 5.91 Å². The molecule has 0 aliphatic rings. The minimum atomic E-state index is 0.131. The number of hydrogen-bond acceptors (Lipinski definition) is 2. The van der Waals surface area contributed by atoms with Gasteiger partial charge in [0.05, 0.1) is 12.5 Å². The summed E-state index contributed by atoms with van der Waals surface area (Å²) in [6.07, 6.45) is 1.79. The molecule has 0 fully saturated rings. The van der Waals surface area contributed by atoms with Crippen molar-refractivity contribution in [1.82, 2.24) is 4.90 Å². The van der Waals surface area contributed by atoms with E-state index in [-0.39, 0.29) is 5.91 Å². The van der Waals surface area contributed by atoms with Gasteiger partial charge in [-0.3, -0.25) is 4.79 Å². The molecule has 1 rings (SSSR count). The number of benzene rings is 1. The molecule has 0 heterocycles. The van der Waals surface area contributed by atoms with E-state index in [2.05, 4.69) is 6.07 Å². The average molecular weight is 230 g/mol. The smallest absolute Gasteiger partial charge is 0.222 e. The Morgan fingerprint density at radius 2 is 2.06 bits per heavy atom. The molecule has 3 heteroatoms. The summed E-state index contributed by atoms with van der Waals surface area (Å²) in [6.45, 7) is 3.11. The van der Waals surface area contributed by atoms with Crippen LogP contribution < -0.4 is 0 Å². The summed E-state index contributed by atoms with van der Waals surface area (Å²) >= 11 is 0. The standard InChI is InChI=1S/C14H18N2O/c1-2-7-14(17)16(11-6-10-15)12-13-8-4-3-5-9-13/h3-5,8-9H,2,6-7,11-12H2,1H3. The molecular formula is C14H18N2O. The molecule has 0 spiro atoms. The van der Waals surface area contributed by atoms with Crippen molar-refractivity contribution in [3.05, 3.63) is 35.9 Å². The van der Waals surface area contributed by atoms with Crippen LogP contribution in [-0.4, -0.2) is 17.4 Å². The van der Waals surface area contributed by atoms with Gasteiger partial charge in [0.1, 0.15) is 0 Å². The van der Waals surface area contributed by atoms with Crippen molar-refractivity contribution in [2.24, 2.45) is 0 Å². The van der Waals surface area contributed by atoms with Gasteiger partial charge in [-0.25, -0.2) is 0 Å². The minimum absolute atomic E-state index is 0.131. The molecule has 0 aliphatic heterocycles. The molecule has 0 radical (unpaired) electrons. The Morgan fingerprint density at radius 3 is 2.65 bits per heavy atom. The monoisotopic (exact) mass is 230 g/mol. The maximum atomic E-state index is 11.9. The third-order valence-corrected chi connectivity index (χ3v) is 2.53. The van der Waals surface area contributed by atoms with Gasteiger partial charge < -0.3 is 4.90 Å². The molecule has 1 aromatic carbocycles. The van der Waals surface area contributed by atoms with Crippen LogP contribution in [0.15, 0.2) is 30.3 Å². The molecule has 1 amide bonds. The highest BCUT2D eigenvalue weighted by molar-refractivity contribution is 5.76. The normalized spacial score (nSPS) is 9.65. The number of carbonyl (C=O) groups excluding carboxylic acids is 1. The van der Waals surface area contributed by atoms with Crippen molar-refractivity contribution < 1.29 is 4.79 Å². The summed E-state index contributed by atoms with van der Waals surface area (Å²) in [5.41, 5.74) is 1.11. The first-order chi connectivity index (χ1) is 8.27. The SMILES string of the molecule is CCCC(=O)N(CCC#N)Cc1ccccc1. The van der Waals surface area contributed by atoms with Gasteiger partial charge in [0, 0.05) is 19.5 Å². The second kappa shape index (κ2) is 7.45. The molecule has 0 aromatic heterocycles. The molecule has 0 saturated heterocycles. The maximum absolute atomic E-state index is 11.9. The van der Waals surface area contributed by atoms with Crippen molar-refractivity contribution in [2.75, 3.05) is 6.54 Å². The summed E-state index contributed by atoms with van der Waals surface area (Å²) in [5, 5.41) is 8.60. The zero-order valence-corrected chi connectivity index (χ0v) is 10.2. The Morgan fingerprint density at radius 1 is 1.35 bits per heavy atom. The number of nitriles is 1. The Balaban J connectivity index is 2.63. The predicted molar refractivity (Wildman–Crippen MR) is 67.0 cm³/mol. The van der Waals surface area contributed by atoms with Gasteiger partial charge in [0.2, 0.25) is 5.91 Å². The van der Waals surface area contributed by atoms with Gasteiger partial charge in [-0.1, -0.05) is 37.3 Å². The fraction of sp³-hybridized carbons (Fsp3) is 0.429. The number of nitrogens with zero attached hydrogens (tertiary/aromatic N) is 2. The minimum Gasteiger partial charge on any atom is -0.337 e. The topological polar surface area (TPSA) is 44.1 Å². The summed E-state index contributed by atoms with van der Waals surface area (Å²) in [4.78, 5) is 13.6. The molecule has 0 bridgehead atoms. The Labute approximate surface area is 103 Å². The van der Waals surface area contributed by atoms with Crippen LogP contribution in [0.1, 0.15) is 31.7 Å². The molecule has 17 heavy (non-hydrogen) atoms. The fourth-order valence-corrected chi connectivity index (χ4v) is 1.65. The van der Waals surface area contributed by atoms with E-state index in [4.69, 9.17) is 5.26 Å². The first-order valence-electron chi connectivity index (χ1n) is 5.96. The van der Waals surface area contributed by atoms with E-state index in [0.717, 1.165) is 12.0 Å². The van der Waals surface area contributed by atoms with Crippen LogP contribution in [0, 0.1) is 11.3 Å². The maximum Gasteiger partial charge on any atom is 0.222 e. The summed E-state index contributed by atoms with van der Waals surface area (Å²) in [7, 11) is 0. The van der Waals surface area contributed by atoms with E-state index in [0.29, 0.717) is 25.9 Å². The molecule has 0 unspecified atom stereocenters. The zero-order valence-electron chi connectivity index (χ0n) is 10.2. The molecule has 0 saturated carbocycles. The average Bonchev–Trinajstić information content (AvgIpc) is 2.36. The second-order valence-corrected chi connectivity index (χ2v) is 3.96. The highest BCUT2D eigenvalue weighted by Crippen LogP contribution is 2.07. The first kappa shape index (κ1) is 13.2. The highest BCUT2D eigenvalue weighted by atomic mass is 16.2. The quantitative estimate of drug-likeness (QED) is 0.754. The van der Waals surface area contributed by atoms with E-state index < -0.39 is 0 Å². The van der Waals surface area contributed by atoms with Gasteiger partial charge in [-0.15, -0.1) is 0 Å². The Kier molecular flexibility index (Phi) is 5.81.